The molecule has 4 rings (SSSR count). The molecule has 0 fully saturated rings. The Kier molecular flexibility index (Phi) is 9.78. The van der Waals surface area contributed by atoms with Crippen LogP contribution < -0.4 is 21.7 Å². The monoisotopic (exact) mass is 561 g/mol. The quantitative estimate of drug-likeness (QED) is 0.206. The first-order chi connectivity index (χ1) is 19.7. The van der Waals surface area contributed by atoms with Crippen molar-refractivity contribution in [2.45, 2.75) is 63.6 Å². The molecule has 218 valence electrons. The molecule has 2 aromatic carbocycles. The van der Waals surface area contributed by atoms with E-state index >= 15 is 0 Å². The van der Waals surface area contributed by atoms with E-state index in [2.05, 4.69) is 44.8 Å². The number of fused-ring (bicyclic) bond motifs is 2. The number of aryl methyl sites for hydroxylation is 1. The van der Waals surface area contributed by atoms with E-state index in [-0.39, 0.29) is 18.7 Å². The molecule has 0 saturated heterocycles. The van der Waals surface area contributed by atoms with Gasteiger partial charge in [-0.25, -0.2) is 4.79 Å². The number of aromatic nitrogens is 1. The minimum Gasteiger partial charge on any atom is -0.467 e. The molecule has 1 aliphatic heterocycles. The van der Waals surface area contributed by atoms with Gasteiger partial charge >= 0.3 is 5.97 Å². The number of ether oxygens (including phenoxy) is 1. The summed E-state index contributed by atoms with van der Waals surface area (Å²) in [6.07, 6.45) is 6.54. The third kappa shape index (κ3) is 7.13. The maximum Gasteiger partial charge on any atom is 0.328 e. The number of rotatable bonds is 6. The third-order valence-corrected chi connectivity index (χ3v) is 7.54. The molecule has 1 aromatic heterocycles. The highest BCUT2D eigenvalue weighted by Crippen LogP contribution is 2.30. The van der Waals surface area contributed by atoms with Crippen LogP contribution in [-0.4, -0.2) is 60.0 Å². The van der Waals surface area contributed by atoms with Crippen LogP contribution in [0.3, 0.4) is 0 Å². The largest absolute Gasteiger partial charge is 0.467 e. The minimum atomic E-state index is -0.920. The standard InChI is InChI=1S/C31H39N5O5/c1-19(37)33-26-18-21-12-14-28-23(17-21)22-16-20(11-13-27(22)36(28)2)8-4-5-10-25(31(40)41-3)35-29(38)24(34-30(26)39)9-6-7-15-32/h4-5,11-14,16-17,24-26H,6-10,15,18,32H2,1-3H3,(H,33,37)(H,34,39)(H,35,38)/b5-4+/t24-,25-,26?/m0/s1. The van der Waals surface area contributed by atoms with Crippen LogP contribution in [0.5, 0.6) is 0 Å². The zero-order valence-electron chi connectivity index (χ0n) is 23.9. The molecule has 0 aliphatic carbocycles. The van der Waals surface area contributed by atoms with E-state index < -0.39 is 35.9 Å². The van der Waals surface area contributed by atoms with E-state index in [0.717, 1.165) is 32.9 Å². The van der Waals surface area contributed by atoms with Gasteiger partial charge in [0.25, 0.3) is 0 Å². The fourth-order valence-corrected chi connectivity index (χ4v) is 5.37. The van der Waals surface area contributed by atoms with Gasteiger partial charge in [0.2, 0.25) is 17.7 Å². The SMILES string of the molecule is COC(=O)[C@@H]1C/C=C/Cc2ccc3c(c2)c2cc(ccc2n3C)CC(NC(C)=O)C(=O)N[C@@H](CCCCN)C(=O)N1. The van der Waals surface area contributed by atoms with Gasteiger partial charge in [-0.1, -0.05) is 24.3 Å². The highest BCUT2D eigenvalue weighted by atomic mass is 16.5. The van der Waals surface area contributed by atoms with E-state index in [1.54, 1.807) is 0 Å². The van der Waals surface area contributed by atoms with Gasteiger partial charge in [-0.3, -0.25) is 14.4 Å². The minimum absolute atomic E-state index is 0.232. The molecule has 3 atom stereocenters. The molecule has 2 heterocycles. The fourth-order valence-electron chi connectivity index (χ4n) is 5.37. The second-order valence-electron chi connectivity index (χ2n) is 10.6. The van der Waals surface area contributed by atoms with Crippen molar-refractivity contribution in [3.8, 4) is 0 Å². The van der Waals surface area contributed by atoms with Crippen LogP contribution in [0.4, 0.5) is 0 Å². The first-order valence-corrected chi connectivity index (χ1v) is 14.0. The Morgan fingerprint density at radius 2 is 1.68 bits per heavy atom. The molecular formula is C31H39N5O5. The summed E-state index contributed by atoms with van der Waals surface area (Å²) in [5.74, 6) is -1.91. The Bertz CT molecular complexity index is 1480. The van der Waals surface area contributed by atoms with Crippen LogP contribution in [0.1, 0.15) is 43.7 Å². The fraction of sp³-hybridized carbons (Fsp3) is 0.419. The Labute approximate surface area is 239 Å². The number of allylic oxidation sites excluding steroid dienone is 1. The second kappa shape index (κ2) is 13.5. The van der Waals surface area contributed by atoms with E-state index in [4.69, 9.17) is 10.5 Å². The van der Waals surface area contributed by atoms with E-state index in [1.165, 1.54) is 14.0 Å². The van der Waals surface area contributed by atoms with Crippen LogP contribution in [0.2, 0.25) is 0 Å². The van der Waals surface area contributed by atoms with Gasteiger partial charge in [-0.15, -0.1) is 0 Å². The van der Waals surface area contributed by atoms with Crippen molar-refractivity contribution in [2.24, 2.45) is 12.8 Å². The van der Waals surface area contributed by atoms with Gasteiger partial charge in [0.05, 0.1) is 7.11 Å². The topological polar surface area (TPSA) is 145 Å². The number of carbonyl (C=O) groups is 4. The number of hydrogen-bond acceptors (Lipinski definition) is 6. The molecule has 1 aliphatic rings. The molecule has 0 radical (unpaired) electrons. The van der Waals surface area contributed by atoms with Crippen molar-refractivity contribution < 1.29 is 23.9 Å². The molecule has 10 nitrogen and oxygen atoms in total. The van der Waals surface area contributed by atoms with Gasteiger partial charge in [0.1, 0.15) is 18.1 Å². The molecule has 4 bridgehead atoms. The summed E-state index contributed by atoms with van der Waals surface area (Å²) < 4.78 is 7.07. The lowest BCUT2D eigenvalue weighted by Crippen LogP contribution is -2.56. The maximum atomic E-state index is 13.5. The smallest absolute Gasteiger partial charge is 0.328 e. The number of carbonyl (C=O) groups excluding carboxylic acids is 4. The van der Waals surface area contributed by atoms with Gasteiger partial charge < -0.3 is 31.0 Å². The number of esters is 1. The molecule has 3 aromatic rings. The van der Waals surface area contributed by atoms with Gasteiger partial charge in [-0.05, 0) is 74.0 Å². The summed E-state index contributed by atoms with van der Waals surface area (Å²) in [7, 11) is 3.29. The molecular weight excluding hydrogens is 522 g/mol. The van der Waals surface area contributed by atoms with Crippen molar-refractivity contribution in [1.29, 1.82) is 0 Å². The number of hydrogen-bond donors (Lipinski definition) is 4. The van der Waals surface area contributed by atoms with E-state index in [1.807, 2.05) is 31.3 Å². The van der Waals surface area contributed by atoms with Crippen molar-refractivity contribution in [3.63, 3.8) is 0 Å². The molecule has 5 N–H and O–H groups in total. The van der Waals surface area contributed by atoms with Crippen LogP contribution in [0.15, 0.2) is 48.6 Å². The summed E-state index contributed by atoms with van der Waals surface area (Å²) in [6.45, 7) is 1.80. The van der Waals surface area contributed by atoms with Crippen LogP contribution in [0.25, 0.3) is 21.8 Å². The number of benzene rings is 2. The van der Waals surface area contributed by atoms with Crippen molar-refractivity contribution in [3.05, 3.63) is 59.7 Å². The Balaban J connectivity index is 1.77. The lowest BCUT2D eigenvalue weighted by Gasteiger charge is -2.24. The molecule has 10 heteroatoms. The summed E-state index contributed by atoms with van der Waals surface area (Å²) in [4.78, 5) is 51.5. The lowest BCUT2D eigenvalue weighted by molar-refractivity contribution is -0.145. The molecule has 41 heavy (non-hydrogen) atoms. The second-order valence-corrected chi connectivity index (χ2v) is 10.6. The summed E-state index contributed by atoms with van der Waals surface area (Å²) >= 11 is 0. The van der Waals surface area contributed by atoms with Crippen molar-refractivity contribution >= 4 is 45.5 Å². The van der Waals surface area contributed by atoms with Gasteiger partial charge in [0.15, 0.2) is 0 Å². The summed E-state index contributed by atoms with van der Waals surface area (Å²) in [5.41, 5.74) is 9.77. The Hall–Kier alpha value is -4.18. The number of unbranched alkanes of at least 4 members (excludes halogenated alkanes) is 1. The number of nitrogens with zero attached hydrogens (tertiary/aromatic N) is 1. The van der Waals surface area contributed by atoms with Crippen LogP contribution in [0, 0.1) is 0 Å². The lowest BCUT2D eigenvalue weighted by atomic mass is 10.00. The van der Waals surface area contributed by atoms with Crippen molar-refractivity contribution in [1.82, 2.24) is 20.5 Å². The maximum absolute atomic E-state index is 13.5. The zero-order valence-corrected chi connectivity index (χ0v) is 23.9. The zero-order chi connectivity index (χ0) is 29.5. The Morgan fingerprint density at radius 1 is 1.00 bits per heavy atom. The first kappa shape index (κ1) is 29.8. The van der Waals surface area contributed by atoms with Gasteiger partial charge in [-0.2, -0.15) is 0 Å². The third-order valence-electron chi connectivity index (χ3n) is 7.54. The molecule has 0 saturated carbocycles. The van der Waals surface area contributed by atoms with Gasteiger partial charge in [0, 0.05) is 42.2 Å². The number of amides is 3. The average Bonchev–Trinajstić information content (AvgIpc) is 3.23. The number of nitrogens with one attached hydrogen (secondary N) is 3. The molecule has 3 amide bonds. The molecule has 0 spiro atoms. The predicted molar refractivity (Wildman–Crippen MR) is 158 cm³/mol. The average molecular weight is 562 g/mol. The number of nitrogens with two attached hydrogens (primary N) is 1. The normalized spacial score (nSPS) is 20.9. The van der Waals surface area contributed by atoms with Crippen LogP contribution in [-0.2, 0) is 43.8 Å². The number of methoxy groups -OCH3 is 1. The highest BCUT2D eigenvalue weighted by Gasteiger charge is 2.29. The van der Waals surface area contributed by atoms with Crippen LogP contribution >= 0.6 is 0 Å². The van der Waals surface area contributed by atoms with E-state index in [0.29, 0.717) is 32.2 Å². The summed E-state index contributed by atoms with van der Waals surface area (Å²) in [5, 5.41) is 10.5. The first-order valence-electron chi connectivity index (χ1n) is 14.0. The molecule has 1 unspecified atom stereocenters. The Morgan fingerprint density at radius 3 is 2.34 bits per heavy atom. The highest BCUT2D eigenvalue weighted by molar-refractivity contribution is 6.08. The predicted octanol–water partition coefficient (Wildman–Crippen LogP) is 2.15. The van der Waals surface area contributed by atoms with Crippen molar-refractivity contribution in [2.75, 3.05) is 13.7 Å². The summed E-state index contributed by atoms with van der Waals surface area (Å²) in [6, 6.07) is 9.63. The van der Waals surface area contributed by atoms with E-state index in [9.17, 15) is 19.2 Å².